The summed E-state index contributed by atoms with van der Waals surface area (Å²) >= 11 is 0. The third kappa shape index (κ3) is 2.04. The standard InChI is InChI=1S/C9H16N2O3/c1-9(8(13)14)3-4-11(6-9)7(12)5-10-2/h10H,3-6H2,1-2H3,(H,13,14). The maximum Gasteiger partial charge on any atom is 0.311 e. The fraction of sp³-hybridized carbons (Fsp3) is 0.778. The number of nitrogens with zero attached hydrogens (tertiary/aromatic N) is 1. The molecule has 1 atom stereocenters. The van der Waals surface area contributed by atoms with Gasteiger partial charge in [-0.1, -0.05) is 0 Å². The molecule has 1 fully saturated rings. The summed E-state index contributed by atoms with van der Waals surface area (Å²) in [7, 11) is 1.70. The molecule has 1 saturated heterocycles. The summed E-state index contributed by atoms with van der Waals surface area (Å²) in [5.74, 6) is -0.852. The fourth-order valence-corrected chi connectivity index (χ4v) is 1.61. The first-order chi connectivity index (χ1) is 6.49. The Labute approximate surface area is 83.1 Å². The van der Waals surface area contributed by atoms with Crippen LogP contribution in [0.1, 0.15) is 13.3 Å². The number of hydrogen-bond donors (Lipinski definition) is 2. The van der Waals surface area contributed by atoms with Gasteiger partial charge in [-0.25, -0.2) is 0 Å². The molecule has 0 radical (unpaired) electrons. The van der Waals surface area contributed by atoms with E-state index in [-0.39, 0.29) is 12.5 Å². The smallest absolute Gasteiger partial charge is 0.311 e. The van der Waals surface area contributed by atoms with Crippen LogP contribution in [0.3, 0.4) is 0 Å². The number of rotatable bonds is 3. The van der Waals surface area contributed by atoms with Crippen LogP contribution in [0.2, 0.25) is 0 Å². The van der Waals surface area contributed by atoms with Crippen LogP contribution in [0.5, 0.6) is 0 Å². The lowest BCUT2D eigenvalue weighted by Crippen LogP contribution is -2.38. The molecule has 1 rings (SSSR count). The van der Waals surface area contributed by atoms with Crippen molar-refractivity contribution in [3.05, 3.63) is 0 Å². The molecule has 0 aliphatic carbocycles. The number of likely N-dealkylation sites (N-methyl/N-ethyl adjacent to an activating group) is 1. The van der Waals surface area contributed by atoms with Gasteiger partial charge in [0.1, 0.15) is 0 Å². The van der Waals surface area contributed by atoms with E-state index in [4.69, 9.17) is 5.11 Å². The van der Waals surface area contributed by atoms with Crippen LogP contribution in [0.25, 0.3) is 0 Å². The van der Waals surface area contributed by atoms with Crippen molar-refractivity contribution in [1.29, 1.82) is 0 Å². The first kappa shape index (κ1) is 11.0. The van der Waals surface area contributed by atoms with E-state index in [9.17, 15) is 9.59 Å². The molecule has 1 unspecified atom stereocenters. The second-order valence-corrected chi connectivity index (χ2v) is 3.96. The van der Waals surface area contributed by atoms with Crippen LogP contribution in [0, 0.1) is 5.41 Å². The van der Waals surface area contributed by atoms with E-state index in [1.54, 1.807) is 18.9 Å². The van der Waals surface area contributed by atoms with Gasteiger partial charge in [0.15, 0.2) is 0 Å². The van der Waals surface area contributed by atoms with Crippen molar-refractivity contribution < 1.29 is 14.7 Å². The molecule has 0 aromatic rings. The lowest BCUT2D eigenvalue weighted by atomic mass is 9.90. The first-order valence-electron chi connectivity index (χ1n) is 4.65. The Hall–Kier alpha value is -1.10. The van der Waals surface area contributed by atoms with E-state index < -0.39 is 11.4 Å². The Morgan fingerprint density at radius 1 is 1.57 bits per heavy atom. The predicted octanol–water partition coefficient (Wildman–Crippen LogP) is -0.471. The van der Waals surface area contributed by atoms with Crippen LogP contribution in [0.15, 0.2) is 0 Å². The zero-order chi connectivity index (χ0) is 10.8. The quantitative estimate of drug-likeness (QED) is 0.646. The molecule has 5 heteroatoms. The van der Waals surface area contributed by atoms with Gasteiger partial charge in [0, 0.05) is 13.1 Å². The van der Waals surface area contributed by atoms with E-state index in [0.717, 1.165) is 0 Å². The molecule has 0 aromatic heterocycles. The Morgan fingerprint density at radius 2 is 2.21 bits per heavy atom. The number of aliphatic carboxylic acids is 1. The molecule has 0 bridgehead atoms. The van der Waals surface area contributed by atoms with Crippen LogP contribution >= 0.6 is 0 Å². The molecule has 1 aliphatic heterocycles. The Morgan fingerprint density at radius 3 is 2.64 bits per heavy atom. The van der Waals surface area contributed by atoms with E-state index in [0.29, 0.717) is 19.5 Å². The van der Waals surface area contributed by atoms with Gasteiger partial charge >= 0.3 is 5.97 Å². The summed E-state index contributed by atoms with van der Waals surface area (Å²) < 4.78 is 0. The number of carboxylic acid groups (broad SMARTS) is 1. The highest BCUT2D eigenvalue weighted by Crippen LogP contribution is 2.29. The Kier molecular flexibility index (Phi) is 3.10. The van der Waals surface area contributed by atoms with Crippen LogP contribution in [-0.2, 0) is 9.59 Å². The summed E-state index contributed by atoms with van der Waals surface area (Å²) in [5.41, 5.74) is -0.761. The lowest BCUT2D eigenvalue weighted by molar-refractivity contribution is -0.147. The minimum atomic E-state index is -0.822. The Balaban J connectivity index is 2.56. The highest BCUT2D eigenvalue weighted by Gasteiger charge is 2.41. The lowest BCUT2D eigenvalue weighted by Gasteiger charge is -2.19. The molecule has 2 N–H and O–H groups in total. The molecular weight excluding hydrogens is 184 g/mol. The highest BCUT2D eigenvalue weighted by molar-refractivity contribution is 5.81. The fourth-order valence-electron chi connectivity index (χ4n) is 1.61. The average molecular weight is 200 g/mol. The molecule has 5 nitrogen and oxygen atoms in total. The molecule has 0 spiro atoms. The van der Waals surface area contributed by atoms with Crippen molar-refractivity contribution in [2.75, 3.05) is 26.7 Å². The molecular formula is C9H16N2O3. The van der Waals surface area contributed by atoms with Crippen molar-refractivity contribution >= 4 is 11.9 Å². The molecule has 0 aromatic carbocycles. The predicted molar refractivity (Wildman–Crippen MR) is 50.9 cm³/mol. The van der Waals surface area contributed by atoms with Gasteiger partial charge in [0.05, 0.1) is 12.0 Å². The zero-order valence-corrected chi connectivity index (χ0v) is 8.54. The van der Waals surface area contributed by atoms with Crippen LogP contribution in [0.4, 0.5) is 0 Å². The van der Waals surface area contributed by atoms with Gasteiger partial charge in [-0.15, -0.1) is 0 Å². The molecule has 1 amide bonds. The zero-order valence-electron chi connectivity index (χ0n) is 8.54. The van der Waals surface area contributed by atoms with Crippen LogP contribution < -0.4 is 5.32 Å². The summed E-state index contributed by atoms with van der Waals surface area (Å²) in [4.78, 5) is 23.9. The third-order valence-electron chi connectivity index (χ3n) is 2.67. The topological polar surface area (TPSA) is 69.6 Å². The van der Waals surface area contributed by atoms with Crippen molar-refractivity contribution in [3.8, 4) is 0 Å². The van der Waals surface area contributed by atoms with Gasteiger partial charge in [-0.05, 0) is 20.4 Å². The van der Waals surface area contributed by atoms with E-state index >= 15 is 0 Å². The number of carbonyl (C=O) groups excluding carboxylic acids is 1. The monoisotopic (exact) mass is 200 g/mol. The van der Waals surface area contributed by atoms with Gasteiger partial charge in [-0.2, -0.15) is 0 Å². The minimum absolute atomic E-state index is 0.0301. The number of hydrogen-bond acceptors (Lipinski definition) is 3. The summed E-state index contributed by atoms with van der Waals surface area (Å²) in [6, 6.07) is 0. The van der Waals surface area contributed by atoms with Crippen molar-refractivity contribution in [2.24, 2.45) is 5.41 Å². The van der Waals surface area contributed by atoms with Gasteiger partial charge in [0.25, 0.3) is 0 Å². The molecule has 80 valence electrons. The van der Waals surface area contributed by atoms with Crippen LogP contribution in [-0.4, -0.2) is 48.6 Å². The number of amides is 1. The average Bonchev–Trinajstić information content (AvgIpc) is 2.50. The summed E-state index contributed by atoms with van der Waals surface area (Å²) in [6.45, 7) is 2.82. The molecule has 14 heavy (non-hydrogen) atoms. The largest absolute Gasteiger partial charge is 0.481 e. The molecule has 1 aliphatic rings. The van der Waals surface area contributed by atoms with E-state index in [1.165, 1.54) is 0 Å². The van der Waals surface area contributed by atoms with E-state index in [2.05, 4.69) is 5.32 Å². The summed E-state index contributed by atoms with van der Waals surface area (Å²) in [5, 5.41) is 11.7. The SMILES string of the molecule is CNCC(=O)N1CCC(C)(C(=O)O)C1. The maximum absolute atomic E-state index is 11.4. The van der Waals surface area contributed by atoms with Gasteiger partial charge in [0.2, 0.25) is 5.91 Å². The number of likely N-dealkylation sites (tertiary alicyclic amines) is 1. The van der Waals surface area contributed by atoms with Gasteiger partial charge < -0.3 is 15.3 Å². The maximum atomic E-state index is 11.4. The van der Waals surface area contributed by atoms with Crippen molar-refractivity contribution in [2.45, 2.75) is 13.3 Å². The third-order valence-corrected chi connectivity index (χ3v) is 2.67. The summed E-state index contributed by atoms with van der Waals surface area (Å²) in [6.07, 6.45) is 0.539. The number of carbonyl (C=O) groups is 2. The Bertz CT molecular complexity index is 254. The normalized spacial score (nSPS) is 26.6. The first-order valence-corrected chi connectivity index (χ1v) is 4.65. The second-order valence-electron chi connectivity index (χ2n) is 3.96. The van der Waals surface area contributed by atoms with E-state index in [1.807, 2.05) is 0 Å². The second kappa shape index (κ2) is 3.96. The number of carboxylic acids is 1. The van der Waals surface area contributed by atoms with Crippen molar-refractivity contribution in [1.82, 2.24) is 10.2 Å². The van der Waals surface area contributed by atoms with Crippen molar-refractivity contribution in [3.63, 3.8) is 0 Å². The minimum Gasteiger partial charge on any atom is -0.481 e. The van der Waals surface area contributed by atoms with Gasteiger partial charge in [-0.3, -0.25) is 9.59 Å². The molecule has 0 saturated carbocycles. The number of nitrogens with one attached hydrogen (secondary N) is 1. The highest BCUT2D eigenvalue weighted by atomic mass is 16.4. The molecule has 1 heterocycles.